The van der Waals surface area contributed by atoms with Crippen molar-refractivity contribution in [1.29, 1.82) is 0 Å². The molecule has 0 atom stereocenters. The van der Waals surface area contributed by atoms with E-state index in [4.69, 9.17) is 4.74 Å². The van der Waals surface area contributed by atoms with Crippen molar-refractivity contribution in [3.05, 3.63) is 0 Å². The number of carbonyl (C=O) groups is 1. The molecule has 1 aliphatic carbocycles. The van der Waals surface area contributed by atoms with Crippen LogP contribution in [0.3, 0.4) is 0 Å². The first-order chi connectivity index (χ1) is 8.56. The smallest absolute Gasteiger partial charge is 0.311 e. The topological polar surface area (TPSA) is 26.3 Å². The van der Waals surface area contributed by atoms with Gasteiger partial charge in [-0.15, -0.1) is 0 Å². The fourth-order valence-electron chi connectivity index (χ4n) is 2.35. The number of ether oxygens (including phenoxy) is 1. The molecule has 0 bridgehead atoms. The van der Waals surface area contributed by atoms with Crippen molar-refractivity contribution in [1.82, 2.24) is 0 Å². The second-order valence-corrected chi connectivity index (χ2v) is 6.32. The van der Waals surface area contributed by atoms with Crippen LogP contribution in [0.15, 0.2) is 0 Å². The maximum Gasteiger partial charge on any atom is 0.311 e. The van der Waals surface area contributed by atoms with Gasteiger partial charge in [0.15, 0.2) is 0 Å². The quantitative estimate of drug-likeness (QED) is 0.672. The van der Waals surface area contributed by atoms with E-state index in [9.17, 15) is 4.79 Å². The van der Waals surface area contributed by atoms with Gasteiger partial charge in [0.2, 0.25) is 0 Å². The molecular weight excluding hydrogens is 224 g/mol. The highest BCUT2D eigenvalue weighted by molar-refractivity contribution is 5.75. The molecule has 0 amide bonds. The Kier molecular flexibility index (Phi) is 6.73. The summed E-state index contributed by atoms with van der Waals surface area (Å²) in [5.74, 6) is -0.00735. The van der Waals surface area contributed by atoms with E-state index in [1.807, 2.05) is 13.8 Å². The molecule has 0 heterocycles. The summed E-state index contributed by atoms with van der Waals surface area (Å²) in [7, 11) is 0. The van der Waals surface area contributed by atoms with Crippen LogP contribution < -0.4 is 0 Å². The van der Waals surface area contributed by atoms with Crippen LogP contribution in [-0.2, 0) is 9.53 Å². The number of carbonyl (C=O) groups excluding carboxylic acids is 1. The van der Waals surface area contributed by atoms with Gasteiger partial charge in [-0.2, -0.15) is 0 Å². The first-order valence-corrected chi connectivity index (χ1v) is 7.77. The second kappa shape index (κ2) is 7.81. The van der Waals surface area contributed by atoms with Crippen LogP contribution in [0.5, 0.6) is 0 Å². The fourth-order valence-corrected chi connectivity index (χ4v) is 2.35. The van der Waals surface area contributed by atoms with E-state index in [1.54, 1.807) is 0 Å². The normalized spacial score (nSPS) is 20.4. The molecule has 0 aliphatic heterocycles. The predicted molar refractivity (Wildman–Crippen MR) is 75.5 cm³/mol. The molecule has 0 saturated heterocycles. The molecule has 0 aromatic carbocycles. The Bertz CT molecular complexity index is 235. The van der Waals surface area contributed by atoms with E-state index in [0.717, 1.165) is 19.3 Å². The average Bonchev–Trinajstić information content (AvgIpc) is 2.37. The van der Waals surface area contributed by atoms with Crippen LogP contribution in [0.4, 0.5) is 0 Å². The van der Waals surface area contributed by atoms with Crippen molar-refractivity contribution in [2.24, 2.45) is 5.41 Å². The Morgan fingerprint density at radius 1 is 1.00 bits per heavy atom. The van der Waals surface area contributed by atoms with Crippen LogP contribution in [0.25, 0.3) is 0 Å². The van der Waals surface area contributed by atoms with Gasteiger partial charge in [-0.25, -0.2) is 0 Å². The molecule has 1 fully saturated rings. The highest BCUT2D eigenvalue weighted by atomic mass is 16.5. The lowest BCUT2D eigenvalue weighted by Gasteiger charge is -2.26. The van der Waals surface area contributed by atoms with E-state index in [1.165, 1.54) is 44.9 Å². The van der Waals surface area contributed by atoms with Crippen molar-refractivity contribution in [3.63, 3.8) is 0 Å². The Morgan fingerprint density at radius 2 is 1.44 bits per heavy atom. The van der Waals surface area contributed by atoms with Crippen molar-refractivity contribution in [2.45, 2.75) is 91.1 Å². The molecule has 2 nitrogen and oxygen atoms in total. The molecular formula is C16H30O2. The third-order valence-electron chi connectivity index (χ3n) is 4.26. The van der Waals surface area contributed by atoms with Gasteiger partial charge >= 0.3 is 5.97 Å². The molecule has 0 aromatic heterocycles. The van der Waals surface area contributed by atoms with Crippen LogP contribution in [0.2, 0.25) is 0 Å². The Hall–Kier alpha value is -0.530. The van der Waals surface area contributed by atoms with Gasteiger partial charge in [0.1, 0.15) is 6.10 Å². The number of hydrogen-bond donors (Lipinski definition) is 0. The molecule has 1 saturated carbocycles. The lowest BCUT2D eigenvalue weighted by atomic mass is 9.90. The van der Waals surface area contributed by atoms with E-state index >= 15 is 0 Å². The van der Waals surface area contributed by atoms with Gasteiger partial charge in [-0.05, 0) is 46.0 Å². The van der Waals surface area contributed by atoms with Crippen LogP contribution in [0.1, 0.15) is 85.0 Å². The van der Waals surface area contributed by atoms with Crippen molar-refractivity contribution < 1.29 is 9.53 Å². The molecule has 0 unspecified atom stereocenters. The van der Waals surface area contributed by atoms with Crippen LogP contribution >= 0.6 is 0 Å². The number of esters is 1. The Balaban J connectivity index is 2.43. The van der Waals surface area contributed by atoms with Gasteiger partial charge in [-0.1, -0.05) is 39.0 Å². The van der Waals surface area contributed by atoms with Crippen LogP contribution in [-0.4, -0.2) is 12.1 Å². The summed E-state index contributed by atoms with van der Waals surface area (Å²) < 4.78 is 5.74. The second-order valence-electron chi connectivity index (χ2n) is 6.32. The SMILES string of the molecule is CCC(C)(C)C(=O)OC1CCCCCCCCC1. The zero-order valence-electron chi connectivity index (χ0n) is 12.5. The average molecular weight is 254 g/mol. The van der Waals surface area contributed by atoms with Gasteiger partial charge in [0.05, 0.1) is 5.41 Å². The highest BCUT2D eigenvalue weighted by Gasteiger charge is 2.29. The maximum atomic E-state index is 12.1. The third kappa shape index (κ3) is 5.41. The zero-order valence-corrected chi connectivity index (χ0v) is 12.5. The zero-order chi connectivity index (χ0) is 13.4. The maximum absolute atomic E-state index is 12.1. The van der Waals surface area contributed by atoms with E-state index in [0.29, 0.717) is 0 Å². The van der Waals surface area contributed by atoms with Gasteiger partial charge < -0.3 is 4.74 Å². The van der Waals surface area contributed by atoms with Crippen LogP contribution in [0, 0.1) is 5.41 Å². The monoisotopic (exact) mass is 254 g/mol. The minimum absolute atomic E-state index is 0.00735. The number of rotatable bonds is 3. The van der Waals surface area contributed by atoms with Crippen molar-refractivity contribution in [3.8, 4) is 0 Å². The summed E-state index contributed by atoms with van der Waals surface area (Å²) in [5, 5.41) is 0. The largest absolute Gasteiger partial charge is 0.462 e. The predicted octanol–water partition coefficient (Wildman–Crippen LogP) is 4.86. The van der Waals surface area contributed by atoms with Crippen molar-refractivity contribution in [2.75, 3.05) is 0 Å². The highest BCUT2D eigenvalue weighted by Crippen LogP contribution is 2.25. The molecule has 2 heteroatoms. The van der Waals surface area contributed by atoms with Gasteiger partial charge in [-0.3, -0.25) is 4.79 Å². The van der Waals surface area contributed by atoms with Crippen molar-refractivity contribution >= 4 is 5.97 Å². The first-order valence-electron chi connectivity index (χ1n) is 7.77. The molecule has 0 spiro atoms. The summed E-state index contributed by atoms with van der Waals surface area (Å²) >= 11 is 0. The molecule has 0 radical (unpaired) electrons. The summed E-state index contributed by atoms with van der Waals surface area (Å²) in [6, 6.07) is 0. The summed E-state index contributed by atoms with van der Waals surface area (Å²) in [6.45, 7) is 6.01. The molecule has 1 rings (SSSR count). The van der Waals surface area contributed by atoms with Gasteiger partial charge in [0.25, 0.3) is 0 Å². The Morgan fingerprint density at radius 3 is 1.89 bits per heavy atom. The summed E-state index contributed by atoms with van der Waals surface area (Å²) in [4.78, 5) is 12.1. The molecule has 0 N–H and O–H groups in total. The lowest BCUT2D eigenvalue weighted by Crippen LogP contribution is -2.30. The molecule has 106 valence electrons. The molecule has 0 aromatic rings. The molecule has 18 heavy (non-hydrogen) atoms. The summed E-state index contributed by atoms with van der Waals surface area (Å²) in [6.07, 6.45) is 12.2. The first kappa shape index (κ1) is 15.5. The fraction of sp³-hybridized carbons (Fsp3) is 0.938. The minimum Gasteiger partial charge on any atom is -0.462 e. The third-order valence-corrected chi connectivity index (χ3v) is 4.26. The van der Waals surface area contributed by atoms with E-state index < -0.39 is 0 Å². The molecule has 1 aliphatic rings. The standard InChI is InChI=1S/C16H30O2/c1-4-16(2,3)15(17)18-14-12-10-8-6-5-7-9-11-13-14/h14H,4-13H2,1-3H3. The lowest BCUT2D eigenvalue weighted by molar-refractivity contribution is -0.160. The van der Waals surface area contributed by atoms with E-state index in [-0.39, 0.29) is 17.5 Å². The summed E-state index contributed by atoms with van der Waals surface area (Å²) in [5.41, 5.74) is -0.324. The number of hydrogen-bond acceptors (Lipinski definition) is 2. The van der Waals surface area contributed by atoms with E-state index in [2.05, 4.69) is 6.92 Å². The van der Waals surface area contributed by atoms with Gasteiger partial charge in [0, 0.05) is 0 Å². The Labute approximate surface area is 112 Å². The minimum atomic E-state index is -0.324.